The van der Waals surface area contributed by atoms with Gasteiger partial charge in [-0.3, -0.25) is 9.59 Å². The summed E-state index contributed by atoms with van der Waals surface area (Å²) < 4.78 is 31.7. The van der Waals surface area contributed by atoms with Crippen LogP contribution in [0.5, 0.6) is 0 Å². The molecule has 0 aromatic heterocycles. The first-order valence-corrected chi connectivity index (χ1v) is 11.7. The van der Waals surface area contributed by atoms with Crippen LogP contribution in [-0.2, 0) is 9.59 Å². The van der Waals surface area contributed by atoms with Crippen LogP contribution in [0.4, 0.5) is 13.2 Å². The number of carboxylic acids is 1. The molecule has 34 heavy (non-hydrogen) atoms. The van der Waals surface area contributed by atoms with Crippen molar-refractivity contribution >= 4 is 17.8 Å². The number of carbonyl (C=O) groups excluding carboxylic acids is 2. The van der Waals surface area contributed by atoms with Crippen molar-refractivity contribution in [2.45, 2.75) is 57.2 Å². The summed E-state index contributed by atoms with van der Waals surface area (Å²) in [5.74, 6) is -2.31. The molecule has 3 heterocycles. The monoisotopic (exact) mass is 483 g/mol. The first-order chi connectivity index (χ1) is 16.0. The second kappa shape index (κ2) is 10.8. The maximum atomic E-state index is 12.9. The second-order valence-electron chi connectivity index (χ2n) is 9.23. The van der Waals surface area contributed by atoms with Crippen LogP contribution in [0.1, 0.15) is 54.4 Å². The average Bonchev–Trinajstić information content (AvgIpc) is 3.41. The van der Waals surface area contributed by atoms with Crippen molar-refractivity contribution in [3.8, 4) is 0 Å². The van der Waals surface area contributed by atoms with Gasteiger partial charge in [0.15, 0.2) is 0 Å². The summed E-state index contributed by atoms with van der Waals surface area (Å²) >= 11 is 0. The van der Waals surface area contributed by atoms with Gasteiger partial charge in [-0.2, -0.15) is 13.2 Å². The number of rotatable bonds is 4. The summed E-state index contributed by atoms with van der Waals surface area (Å²) in [5, 5.41) is 7.12. The van der Waals surface area contributed by atoms with Gasteiger partial charge in [0, 0.05) is 43.7 Å². The Kier molecular flexibility index (Phi) is 8.22. The molecule has 1 spiro atoms. The molecule has 1 aromatic carbocycles. The number of likely N-dealkylation sites (tertiary alicyclic amines) is 3. The van der Waals surface area contributed by atoms with Crippen LogP contribution in [0.15, 0.2) is 24.3 Å². The Morgan fingerprint density at radius 1 is 1.00 bits per heavy atom. The van der Waals surface area contributed by atoms with Gasteiger partial charge in [0.25, 0.3) is 5.91 Å². The zero-order valence-electron chi connectivity index (χ0n) is 19.4. The van der Waals surface area contributed by atoms with Gasteiger partial charge in [0.2, 0.25) is 5.91 Å². The lowest BCUT2D eigenvalue weighted by molar-refractivity contribution is -0.192. The number of aliphatic carboxylic acids is 1. The molecule has 0 atom stereocenters. The van der Waals surface area contributed by atoms with Gasteiger partial charge >= 0.3 is 12.1 Å². The number of halogens is 3. The lowest BCUT2D eigenvalue weighted by Gasteiger charge is -2.45. The van der Waals surface area contributed by atoms with Crippen LogP contribution in [0, 0.1) is 6.92 Å². The molecule has 3 saturated heterocycles. The Balaban J connectivity index is 0.000000406. The van der Waals surface area contributed by atoms with Crippen molar-refractivity contribution < 1.29 is 32.7 Å². The molecule has 3 fully saturated rings. The number of alkyl halides is 3. The molecule has 0 aliphatic carbocycles. The first kappa shape index (κ1) is 26.0. The molecule has 0 unspecified atom stereocenters. The SMILES string of the molecule is Cc1ccccc1C(=O)N1CCC2(CCC(=O)N2CCN2CCCC2)CC1.O=C(O)C(F)(F)F. The van der Waals surface area contributed by atoms with E-state index in [1.54, 1.807) is 0 Å². The van der Waals surface area contributed by atoms with E-state index in [1.807, 2.05) is 36.1 Å². The van der Waals surface area contributed by atoms with Gasteiger partial charge < -0.3 is 19.8 Å². The number of piperidine rings is 1. The molecule has 1 N–H and O–H groups in total. The highest BCUT2D eigenvalue weighted by Gasteiger charge is 2.47. The molecule has 2 amide bonds. The van der Waals surface area contributed by atoms with Crippen molar-refractivity contribution in [2.24, 2.45) is 0 Å². The summed E-state index contributed by atoms with van der Waals surface area (Å²) in [5.41, 5.74) is 1.83. The summed E-state index contributed by atoms with van der Waals surface area (Å²) in [4.78, 5) is 41.0. The minimum Gasteiger partial charge on any atom is -0.475 e. The number of benzene rings is 1. The minimum absolute atomic E-state index is 0.0146. The summed E-state index contributed by atoms with van der Waals surface area (Å²) in [6.45, 7) is 7.70. The molecule has 3 aliphatic heterocycles. The van der Waals surface area contributed by atoms with Crippen molar-refractivity contribution in [3.05, 3.63) is 35.4 Å². The van der Waals surface area contributed by atoms with E-state index in [0.29, 0.717) is 12.3 Å². The first-order valence-electron chi connectivity index (χ1n) is 11.7. The lowest BCUT2D eigenvalue weighted by atomic mass is 9.84. The highest BCUT2D eigenvalue weighted by molar-refractivity contribution is 5.95. The van der Waals surface area contributed by atoms with Crippen LogP contribution in [0.3, 0.4) is 0 Å². The summed E-state index contributed by atoms with van der Waals surface area (Å²) in [6, 6.07) is 7.82. The second-order valence-corrected chi connectivity index (χ2v) is 9.23. The number of hydrogen-bond acceptors (Lipinski definition) is 4. The van der Waals surface area contributed by atoms with Gasteiger partial charge in [-0.15, -0.1) is 0 Å². The van der Waals surface area contributed by atoms with Gasteiger partial charge in [0.1, 0.15) is 0 Å². The Bertz CT molecular complexity index is 892. The molecule has 0 radical (unpaired) electrons. The predicted molar refractivity (Wildman–Crippen MR) is 119 cm³/mol. The third-order valence-electron chi connectivity index (χ3n) is 7.12. The Hall–Kier alpha value is -2.62. The van der Waals surface area contributed by atoms with Crippen molar-refractivity contribution in [1.82, 2.24) is 14.7 Å². The molecule has 10 heteroatoms. The van der Waals surface area contributed by atoms with Crippen molar-refractivity contribution in [2.75, 3.05) is 39.3 Å². The van der Waals surface area contributed by atoms with Gasteiger partial charge in [0.05, 0.1) is 0 Å². The van der Waals surface area contributed by atoms with E-state index < -0.39 is 12.1 Å². The molecule has 1 aromatic rings. The van der Waals surface area contributed by atoms with Crippen molar-refractivity contribution in [3.63, 3.8) is 0 Å². The lowest BCUT2D eigenvalue weighted by Crippen LogP contribution is -2.55. The third-order valence-corrected chi connectivity index (χ3v) is 7.12. The quantitative estimate of drug-likeness (QED) is 0.711. The van der Waals surface area contributed by atoms with Crippen LogP contribution in [0.25, 0.3) is 0 Å². The Morgan fingerprint density at radius 2 is 1.59 bits per heavy atom. The molecule has 0 saturated carbocycles. The van der Waals surface area contributed by atoms with E-state index in [1.165, 1.54) is 25.9 Å². The van der Waals surface area contributed by atoms with Gasteiger partial charge in [-0.25, -0.2) is 4.79 Å². The number of carbonyl (C=O) groups is 3. The van der Waals surface area contributed by atoms with E-state index in [0.717, 1.165) is 56.6 Å². The number of nitrogens with zero attached hydrogens (tertiary/aromatic N) is 3. The smallest absolute Gasteiger partial charge is 0.475 e. The number of carboxylic acid groups (broad SMARTS) is 1. The highest BCUT2D eigenvalue weighted by atomic mass is 19.4. The van der Waals surface area contributed by atoms with E-state index in [9.17, 15) is 22.8 Å². The molecule has 7 nitrogen and oxygen atoms in total. The molecule has 188 valence electrons. The summed E-state index contributed by atoms with van der Waals surface area (Å²) in [6.07, 6.45) is 0.945. The zero-order chi connectivity index (χ0) is 24.9. The van der Waals surface area contributed by atoms with E-state index in [2.05, 4.69) is 9.80 Å². The van der Waals surface area contributed by atoms with Crippen LogP contribution >= 0.6 is 0 Å². The number of aryl methyl sites for hydroxylation is 1. The summed E-state index contributed by atoms with van der Waals surface area (Å²) in [7, 11) is 0. The fourth-order valence-corrected chi connectivity index (χ4v) is 5.11. The molecular weight excluding hydrogens is 451 g/mol. The maximum Gasteiger partial charge on any atom is 0.490 e. The Morgan fingerprint density at radius 3 is 2.15 bits per heavy atom. The molecule has 4 rings (SSSR count). The number of amides is 2. The normalized spacial score (nSPS) is 20.4. The predicted octanol–water partition coefficient (Wildman–Crippen LogP) is 3.32. The molecule has 0 bridgehead atoms. The van der Waals surface area contributed by atoms with E-state index in [-0.39, 0.29) is 11.4 Å². The standard InChI is InChI=1S/C22H31N3O2.C2HF3O2/c1-18-6-2-3-7-19(18)21(27)24-14-10-22(11-15-24)9-8-20(26)25(22)17-16-23-12-4-5-13-23;3-2(4,5)1(6)7/h2-3,6-7H,4-5,8-17H2,1H3;(H,6,7). The zero-order valence-corrected chi connectivity index (χ0v) is 19.4. The maximum absolute atomic E-state index is 12.9. The topological polar surface area (TPSA) is 81.2 Å². The average molecular weight is 484 g/mol. The van der Waals surface area contributed by atoms with Crippen LogP contribution in [0.2, 0.25) is 0 Å². The fraction of sp³-hybridized carbons (Fsp3) is 0.625. The number of hydrogen-bond donors (Lipinski definition) is 1. The van der Waals surface area contributed by atoms with Gasteiger partial charge in [-0.1, -0.05) is 18.2 Å². The largest absolute Gasteiger partial charge is 0.490 e. The van der Waals surface area contributed by atoms with Crippen LogP contribution in [-0.4, -0.2) is 88.6 Å². The molecule has 3 aliphatic rings. The van der Waals surface area contributed by atoms with Crippen LogP contribution < -0.4 is 0 Å². The third kappa shape index (κ3) is 6.08. The minimum atomic E-state index is -5.08. The Labute approximate surface area is 197 Å². The van der Waals surface area contributed by atoms with E-state index in [4.69, 9.17) is 9.90 Å². The van der Waals surface area contributed by atoms with Crippen molar-refractivity contribution in [1.29, 1.82) is 0 Å². The van der Waals surface area contributed by atoms with Gasteiger partial charge in [-0.05, 0) is 63.7 Å². The molecular formula is C24H32F3N3O4. The highest BCUT2D eigenvalue weighted by Crippen LogP contribution is 2.39. The van der Waals surface area contributed by atoms with E-state index >= 15 is 0 Å². The fourth-order valence-electron chi connectivity index (χ4n) is 5.11.